The van der Waals surface area contributed by atoms with E-state index in [0.717, 1.165) is 43.1 Å². The predicted octanol–water partition coefficient (Wildman–Crippen LogP) is 2.69. The van der Waals surface area contributed by atoms with E-state index < -0.39 is 12.0 Å². The van der Waals surface area contributed by atoms with Crippen molar-refractivity contribution in [2.24, 2.45) is 0 Å². The van der Waals surface area contributed by atoms with Gasteiger partial charge in [0.25, 0.3) is 0 Å². The van der Waals surface area contributed by atoms with Crippen LogP contribution >= 0.6 is 11.6 Å². The molecule has 1 N–H and O–H groups in total. The first-order chi connectivity index (χ1) is 11.5. The first kappa shape index (κ1) is 17.2. The molecule has 2 aliphatic rings. The summed E-state index contributed by atoms with van der Waals surface area (Å²) in [5.41, 5.74) is 2.31. The third-order valence-corrected chi connectivity index (χ3v) is 5.54. The van der Waals surface area contributed by atoms with Crippen molar-refractivity contribution in [1.29, 1.82) is 0 Å². The van der Waals surface area contributed by atoms with E-state index in [1.54, 1.807) is 4.90 Å². The number of rotatable bonds is 4. The van der Waals surface area contributed by atoms with Gasteiger partial charge < -0.3 is 10.0 Å². The Kier molecular flexibility index (Phi) is 5.11. The van der Waals surface area contributed by atoms with Crippen molar-refractivity contribution in [3.8, 4) is 0 Å². The van der Waals surface area contributed by atoms with E-state index in [4.69, 9.17) is 11.6 Å². The van der Waals surface area contributed by atoms with E-state index in [9.17, 15) is 14.7 Å². The number of likely N-dealkylation sites (tertiary alicyclic amines) is 2. The molecule has 0 aromatic heterocycles. The molecule has 0 spiro atoms. The second kappa shape index (κ2) is 7.11. The molecule has 5 nitrogen and oxygen atoms in total. The Bertz CT molecular complexity index is 641. The zero-order chi connectivity index (χ0) is 17.3. The number of hydrogen-bond donors (Lipinski definition) is 1. The van der Waals surface area contributed by atoms with Gasteiger partial charge in [0.2, 0.25) is 5.91 Å². The maximum Gasteiger partial charge on any atom is 0.326 e. The van der Waals surface area contributed by atoms with Crippen LogP contribution in [0.1, 0.15) is 36.8 Å². The van der Waals surface area contributed by atoms with Crippen molar-refractivity contribution in [3.63, 3.8) is 0 Å². The molecular weight excluding hydrogens is 328 g/mol. The molecule has 1 atom stereocenters. The van der Waals surface area contributed by atoms with Crippen molar-refractivity contribution in [1.82, 2.24) is 9.80 Å². The number of aryl methyl sites for hydroxylation is 1. The van der Waals surface area contributed by atoms with Gasteiger partial charge in [0.05, 0.1) is 0 Å². The Morgan fingerprint density at radius 3 is 2.62 bits per heavy atom. The fourth-order valence-corrected chi connectivity index (χ4v) is 3.94. The van der Waals surface area contributed by atoms with Crippen molar-refractivity contribution >= 4 is 23.5 Å². The number of amides is 1. The highest BCUT2D eigenvalue weighted by atomic mass is 35.5. The molecule has 0 radical (unpaired) electrons. The van der Waals surface area contributed by atoms with Crippen LogP contribution in [0, 0.1) is 6.92 Å². The SMILES string of the molecule is Cc1cc(CN2CCC(N3C(=O)CC[C@@H]3C(=O)O)CC2)ccc1Cl. The van der Waals surface area contributed by atoms with Crippen LogP contribution in [0.2, 0.25) is 5.02 Å². The number of carbonyl (C=O) groups is 2. The molecule has 1 aromatic carbocycles. The van der Waals surface area contributed by atoms with Gasteiger partial charge in [-0.3, -0.25) is 9.69 Å². The Balaban J connectivity index is 1.58. The van der Waals surface area contributed by atoms with E-state index in [1.807, 2.05) is 19.1 Å². The number of nitrogens with zero attached hydrogens (tertiary/aromatic N) is 2. The molecule has 2 aliphatic heterocycles. The maximum absolute atomic E-state index is 12.1. The molecule has 130 valence electrons. The zero-order valence-electron chi connectivity index (χ0n) is 13.9. The average Bonchev–Trinajstić information content (AvgIpc) is 2.94. The second-order valence-electron chi connectivity index (χ2n) is 6.78. The van der Waals surface area contributed by atoms with Crippen LogP contribution < -0.4 is 0 Å². The first-order valence-electron chi connectivity index (χ1n) is 8.47. The smallest absolute Gasteiger partial charge is 0.326 e. The lowest BCUT2D eigenvalue weighted by atomic mass is 10.0. The number of halogens is 1. The molecule has 3 rings (SSSR count). The van der Waals surface area contributed by atoms with E-state index in [-0.39, 0.29) is 11.9 Å². The normalized spacial score (nSPS) is 23.0. The fourth-order valence-electron chi connectivity index (χ4n) is 3.82. The predicted molar refractivity (Wildman–Crippen MR) is 92.0 cm³/mol. The number of piperidine rings is 1. The largest absolute Gasteiger partial charge is 0.480 e. The highest BCUT2D eigenvalue weighted by molar-refractivity contribution is 6.31. The lowest BCUT2D eigenvalue weighted by molar-refractivity contribution is -0.148. The van der Waals surface area contributed by atoms with Crippen LogP contribution in [-0.4, -0.2) is 52.0 Å². The van der Waals surface area contributed by atoms with Gasteiger partial charge in [0.1, 0.15) is 6.04 Å². The molecular formula is C18H23ClN2O3. The summed E-state index contributed by atoms with van der Waals surface area (Å²) in [4.78, 5) is 27.4. The molecule has 0 saturated carbocycles. The monoisotopic (exact) mass is 350 g/mol. The molecule has 6 heteroatoms. The topological polar surface area (TPSA) is 60.9 Å². The summed E-state index contributed by atoms with van der Waals surface area (Å²) in [6.45, 7) is 4.62. The van der Waals surface area contributed by atoms with Gasteiger partial charge in [-0.1, -0.05) is 23.7 Å². The van der Waals surface area contributed by atoms with Crippen LogP contribution in [0.4, 0.5) is 0 Å². The molecule has 0 unspecified atom stereocenters. The molecule has 0 aliphatic carbocycles. The lowest BCUT2D eigenvalue weighted by Crippen LogP contribution is -2.50. The van der Waals surface area contributed by atoms with Crippen LogP contribution in [0.25, 0.3) is 0 Å². The zero-order valence-corrected chi connectivity index (χ0v) is 14.6. The third kappa shape index (κ3) is 3.57. The summed E-state index contributed by atoms with van der Waals surface area (Å²) in [5.74, 6) is -0.880. The average molecular weight is 351 g/mol. The van der Waals surface area contributed by atoms with Crippen LogP contribution in [-0.2, 0) is 16.1 Å². The van der Waals surface area contributed by atoms with Crippen molar-refractivity contribution in [3.05, 3.63) is 34.3 Å². The Morgan fingerprint density at radius 2 is 2.00 bits per heavy atom. The van der Waals surface area contributed by atoms with E-state index in [0.29, 0.717) is 12.8 Å². The highest BCUT2D eigenvalue weighted by Gasteiger charge is 2.41. The molecule has 2 heterocycles. The third-order valence-electron chi connectivity index (χ3n) is 5.12. The number of carboxylic acid groups (broad SMARTS) is 1. The molecule has 0 bridgehead atoms. The van der Waals surface area contributed by atoms with Crippen LogP contribution in [0.15, 0.2) is 18.2 Å². The number of hydrogen-bond acceptors (Lipinski definition) is 3. The summed E-state index contributed by atoms with van der Waals surface area (Å²) in [6, 6.07) is 5.52. The van der Waals surface area contributed by atoms with Crippen molar-refractivity contribution < 1.29 is 14.7 Å². The number of aliphatic carboxylic acids is 1. The molecule has 24 heavy (non-hydrogen) atoms. The second-order valence-corrected chi connectivity index (χ2v) is 7.19. The van der Waals surface area contributed by atoms with Gasteiger partial charge in [0.15, 0.2) is 0 Å². The number of carbonyl (C=O) groups excluding carboxylic acids is 1. The summed E-state index contributed by atoms with van der Waals surface area (Å²) >= 11 is 6.07. The number of carboxylic acids is 1. The quantitative estimate of drug-likeness (QED) is 0.907. The minimum absolute atomic E-state index is 0.00539. The molecule has 2 fully saturated rings. The number of benzene rings is 1. The first-order valence-corrected chi connectivity index (χ1v) is 8.85. The van der Waals surface area contributed by atoms with Gasteiger partial charge >= 0.3 is 5.97 Å². The van der Waals surface area contributed by atoms with Gasteiger partial charge in [-0.25, -0.2) is 4.79 Å². The van der Waals surface area contributed by atoms with Crippen LogP contribution in [0.5, 0.6) is 0 Å². The summed E-state index contributed by atoms with van der Waals surface area (Å²) < 4.78 is 0. The standard InChI is InChI=1S/C18H23ClN2O3/c1-12-10-13(2-3-15(12)19)11-20-8-6-14(7-9-20)21-16(18(23)24)4-5-17(21)22/h2-3,10,14,16H,4-9,11H2,1H3,(H,23,24)/t16-/m1/s1. The van der Waals surface area contributed by atoms with Gasteiger partial charge in [0, 0.05) is 37.1 Å². The van der Waals surface area contributed by atoms with Crippen molar-refractivity contribution in [2.75, 3.05) is 13.1 Å². The summed E-state index contributed by atoms with van der Waals surface area (Å²) in [6.07, 6.45) is 2.48. The van der Waals surface area contributed by atoms with E-state index in [1.165, 1.54) is 5.56 Å². The van der Waals surface area contributed by atoms with Gasteiger partial charge in [-0.05, 0) is 43.4 Å². The summed E-state index contributed by atoms with van der Waals surface area (Å²) in [5, 5.41) is 10.1. The van der Waals surface area contributed by atoms with Gasteiger partial charge in [-0.2, -0.15) is 0 Å². The van der Waals surface area contributed by atoms with Crippen LogP contribution in [0.3, 0.4) is 0 Å². The van der Waals surface area contributed by atoms with Gasteiger partial charge in [-0.15, -0.1) is 0 Å². The van der Waals surface area contributed by atoms with Crippen molar-refractivity contribution in [2.45, 2.75) is 51.2 Å². The van der Waals surface area contributed by atoms with E-state index in [2.05, 4.69) is 11.0 Å². The Hall–Kier alpha value is -1.59. The molecule has 2 saturated heterocycles. The lowest BCUT2D eigenvalue weighted by Gasteiger charge is -2.38. The molecule has 1 amide bonds. The summed E-state index contributed by atoms with van der Waals surface area (Å²) in [7, 11) is 0. The minimum atomic E-state index is -0.875. The molecule has 1 aromatic rings. The highest BCUT2D eigenvalue weighted by Crippen LogP contribution is 2.28. The maximum atomic E-state index is 12.1. The Morgan fingerprint density at radius 1 is 1.29 bits per heavy atom. The Labute approximate surface area is 147 Å². The minimum Gasteiger partial charge on any atom is -0.480 e. The fraction of sp³-hybridized carbons (Fsp3) is 0.556. The van der Waals surface area contributed by atoms with E-state index >= 15 is 0 Å².